The molecule has 64 valence electrons. The summed E-state index contributed by atoms with van der Waals surface area (Å²) in [5.74, 6) is 0. The molecular formula is C9H17NO. The zero-order chi connectivity index (χ0) is 7.52. The van der Waals surface area contributed by atoms with Crippen molar-refractivity contribution in [2.24, 2.45) is 0 Å². The van der Waals surface area contributed by atoms with Crippen LogP contribution in [0.2, 0.25) is 0 Å². The topological polar surface area (TPSA) is 12.5 Å². The molecule has 0 amide bonds. The van der Waals surface area contributed by atoms with Crippen molar-refractivity contribution in [3.05, 3.63) is 0 Å². The largest absolute Gasteiger partial charge is 0.365 e. The Hall–Kier alpha value is -0.0800. The first-order chi connectivity index (χ1) is 5.47. The van der Waals surface area contributed by atoms with Crippen LogP contribution in [0.5, 0.6) is 0 Å². The summed E-state index contributed by atoms with van der Waals surface area (Å²) in [7, 11) is 0. The Kier molecular flexibility index (Phi) is 2.44. The van der Waals surface area contributed by atoms with Crippen molar-refractivity contribution in [1.29, 1.82) is 0 Å². The van der Waals surface area contributed by atoms with Crippen molar-refractivity contribution in [3.8, 4) is 0 Å². The molecule has 2 rings (SSSR count). The van der Waals surface area contributed by atoms with Gasteiger partial charge in [0.15, 0.2) is 0 Å². The van der Waals surface area contributed by atoms with Crippen molar-refractivity contribution >= 4 is 0 Å². The van der Waals surface area contributed by atoms with E-state index in [2.05, 4.69) is 4.90 Å². The molecule has 11 heavy (non-hydrogen) atoms. The van der Waals surface area contributed by atoms with Crippen LogP contribution in [-0.4, -0.2) is 30.8 Å². The summed E-state index contributed by atoms with van der Waals surface area (Å²) in [6.45, 7) is 3.02. The van der Waals surface area contributed by atoms with E-state index in [1.807, 2.05) is 0 Å². The van der Waals surface area contributed by atoms with E-state index in [0.29, 0.717) is 0 Å². The molecule has 0 atom stereocenters. The molecule has 0 bridgehead atoms. The van der Waals surface area contributed by atoms with E-state index in [0.717, 1.165) is 19.4 Å². The van der Waals surface area contributed by atoms with Crippen LogP contribution >= 0.6 is 0 Å². The van der Waals surface area contributed by atoms with Gasteiger partial charge in [0.25, 0.3) is 0 Å². The number of rotatable bonds is 1. The summed E-state index contributed by atoms with van der Waals surface area (Å²) in [6.07, 6.45) is 7.13. The molecule has 0 radical (unpaired) electrons. The Bertz CT molecular complexity index is 115. The first-order valence-electron chi connectivity index (χ1n) is 4.78. The Morgan fingerprint density at radius 1 is 1.09 bits per heavy atom. The lowest BCUT2D eigenvalue weighted by molar-refractivity contribution is 0.0988. The van der Waals surface area contributed by atoms with Crippen LogP contribution < -0.4 is 0 Å². The summed E-state index contributed by atoms with van der Waals surface area (Å²) in [4.78, 5) is 2.50. The number of ether oxygens (including phenoxy) is 1. The number of nitrogens with zero attached hydrogens (tertiary/aromatic N) is 1. The second kappa shape index (κ2) is 3.55. The van der Waals surface area contributed by atoms with Crippen LogP contribution in [0.1, 0.15) is 32.1 Å². The average molecular weight is 155 g/mol. The van der Waals surface area contributed by atoms with E-state index >= 15 is 0 Å². The van der Waals surface area contributed by atoms with Gasteiger partial charge in [-0.3, -0.25) is 4.90 Å². The molecule has 0 unspecified atom stereocenters. The van der Waals surface area contributed by atoms with E-state index in [4.69, 9.17) is 4.74 Å². The Balaban J connectivity index is 1.82. The lowest BCUT2D eigenvalue weighted by Gasteiger charge is -2.29. The highest BCUT2D eigenvalue weighted by Crippen LogP contribution is 2.23. The first kappa shape index (κ1) is 7.56. The molecule has 2 aliphatic rings. The lowest BCUT2D eigenvalue weighted by Crippen LogP contribution is -2.34. The third-order valence-electron chi connectivity index (χ3n) is 2.87. The summed E-state index contributed by atoms with van der Waals surface area (Å²) in [5.41, 5.74) is 0. The van der Waals surface area contributed by atoms with E-state index in [9.17, 15) is 0 Å². The third-order valence-corrected chi connectivity index (χ3v) is 2.87. The van der Waals surface area contributed by atoms with Crippen LogP contribution in [0.15, 0.2) is 0 Å². The molecule has 1 saturated heterocycles. The normalized spacial score (nSPS) is 29.5. The Morgan fingerprint density at radius 2 is 1.91 bits per heavy atom. The van der Waals surface area contributed by atoms with Gasteiger partial charge < -0.3 is 4.74 Å². The van der Waals surface area contributed by atoms with Crippen molar-refractivity contribution in [3.63, 3.8) is 0 Å². The maximum atomic E-state index is 5.34. The second-order valence-corrected chi connectivity index (χ2v) is 3.64. The minimum Gasteiger partial charge on any atom is -0.365 e. The monoisotopic (exact) mass is 155 g/mol. The fraction of sp³-hybridized carbons (Fsp3) is 1.00. The molecule has 0 N–H and O–H groups in total. The summed E-state index contributed by atoms with van der Waals surface area (Å²) < 4.78 is 5.34. The van der Waals surface area contributed by atoms with Gasteiger partial charge in [0, 0.05) is 12.6 Å². The van der Waals surface area contributed by atoms with Crippen molar-refractivity contribution in [2.75, 3.05) is 19.9 Å². The fourth-order valence-electron chi connectivity index (χ4n) is 2.16. The van der Waals surface area contributed by atoms with Crippen molar-refractivity contribution in [2.45, 2.75) is 38.1 Å². The van der Waals surface area contributed by atoms with Gasteiger partial charge in [-0.1, -0.05) is 19.3 Å². The molecule has 0 aromatic heterocycles. The van der Waals surface area contributed by atoms with Crippen LogP contribution in [0.3, 0.4) is 0 Å². The highest BCUT2D eigenvalue weighted by Gasteiger charge is 2.23. The average Bonchev–Trinajstić information content (AvgIpc) is 2.58. The fourth-order valence-corrected chi connectivity index (χ4v) is 2.16. The first-order valence-corrected chi connectivity index (χ1v) is 4.78. The molecular weight excluding hydrogens is 138 g/mol. The molecule has 0 aromatic carbocycles. The van der Waals surface area contributed by atoms with Crippen LogP contribution in [0, 0.1) is 0 Å². The molecule has 0 aromatic rings. The smallest absolute Gasteiger partial charge is 0.0994 e. The van der Waals surface area contributed by atoms with Crippen LogP contribution in [0.4, 0.5) is 0 Å². The lowest BCUT2D eigenvalue weighted by atomic mass is 9.94. The summed E-state index contributed by atoms with van der Waals surface area (Å²) in [5, 5.41) is 0. The van der Waals surface area contributed by atoms with E-state index in [-0.39, 0.29) is 0 Å². The standard InChI is InChI=1S/C9H17NO/c1-2-4-9(5-3-1)10-6-7-11-8-10/h9H,1-8H2. The molecule has 2 heteroatoms. The molecule has 1 saturated carbocycles. The SMILES string of the molecule is C1CCC(N2CCOC2)CC1. The predicted molar refractivity (Wildman–Crippen MR) is 44.4 cm³/mol. The van der Waals surface area contributed by atoms with Crippen molar-refractivity contribution in [1.82, 2.24) is 4.90 Å². The number of hydrogen-bond acceptors (Lipinski definition) is 2. The van der Waals surface area contributed by atoms with Crippen LogP contribution in [0.25, 0.3) is 0 Å². The van der Waals surface area contributed by atoms with E-state index in [1.54, 1.807) is 0 Å². The second-order valence-electron chi connectivity index (χ2n) is 3.64. The predicted octanol–water partition coefficient (Wildman–Crippen LogP) is 1.61. The molecule has 1 aliphatic heterocycles. The van der Waals surface area contributed by atoms with E-state index < -0.39 is 0 Å². The molecule has 1 aliphatic carbocycles. The van der Waals surface area contributed by atoms with Gasteiger partial charge in [0.05, 0.1) is 13.3 Å². The third kappa shape index (κ3) is 1.74. The molecule has 2 fully saturated rings. The molecule has 1 heterocycles. The van der Waals surface area contributed by atoms with Gasteiger partial charge >= 0.3 is 0 Å². The van der Waals surface area contributed by atoms with Crippen LogP contribution in [-0.2, 0) is 4.74 Å². The number of hydrogen-bond donors (Lipinski definition) is 0. The molecule has 0 spiro atoms. The Labute approximate surface area is 68.5 Å². The zero-order valence-corrected chi connectivity index (χ0v) is 7.09. The highest BCUT2D eigenvalue weighted by molar-refractivity contribution is 4.75. The quantitative estimate of drug-likeness (QED) is 0.570. The zero-order valence-electron chi connectivity index (χ0n) is 7.09. The Morgan fingerprint density at radius 3 is 2.55 bits per heavy atom. The minimum absolute atomic E-state index is 0.853. The molecule has 2 nitrogen and oxygen atoms in total. The maximum Gasteiger partial charge on any atom is 0.0994 e. The maximum absolute atomic E-state index is 5.34. The van der Waals surface area contributed by atoms with Gasteiger partial charge in [-0.05, 0) is 12.8 Å². The minimum atomic E-state index is 0.853. The van der Waals surface area contributed by atoms with Gasteiger partial charge in [-0.25, -0.2) is 0 Å². The van der Waals surface area contributed by atoms with Gasteiger partial charge in [-0.2, -0.15) is 0 Å². The summed E-state index contributed by atoms with van der Waals surface area (Å²) in [6, 6.07) is 0.853. The highest BCUT2D eigenvalue weighted by atomic mass is 16.5. The van der Waals surface area contributed by atoms with Gasteiger partial charge in [-0.15, -0.1) is 0 Å². The van der Waals surface area contributed by atoms with Gasteiger partial charge in [0.2, 0.25) is 0 Å². The summed E-state index contributed by atoms with van der Waals surface area (Å²) >= 11 is 0. The van der Waals surface area contributed by atoms with Gasteiger partial charge in [0.1, 0.15) is 0 Å². The van der Waals surface area contributed by atoms with E-state index in [1.165, 1.54) is 38.6 Å². The van der Waals surface area contributed by atoms with Crippen molar-refractivity contribution < 1.29 is 4.74 Å².